The molecule has 2 aromatic rings. The first-order valence-corrected chi connectivity index (χ1v) is 12.0. The molecule has 1 aliphatic rings. The monoisotopic (exact) mass is 518 g/mol. The lowest BCUT2D eigenvalue weighted by Gasteiger charge is -2.26. The van der Waals surface area contributed by atoms with Crippen LogP contribution < -0.4 is 25.6 Å². The molecule has 0 spiro atoms. The molecular formula is C28H35FN8O. The first kappa shape index (κ1) is 28.1. The van der Waals surface area contributed by atoms with Gasteiger partial charge in [-0.1, -0.05) is 13.2 Å². The van der Waals surface area contributed by atoms with Gasteiger partial charge in [-0.05, 0) is 44.5 Å². The van der Waals surface area contributed by atoms with Crippen LogP contribution in [0.1, 0.15) is 5.69 Å². The smallest absolute Gasteiger partial charge is 0.227 e. The van der Waals surface area contributed by atoms with Crippen molar-refractivity contribution < 1.29 is 9.13 Å². The molecule has 10 heteroatoms. The summed E-state index contributed by atoms with van der Waals surface area (Å²) in [6.45, 7) is 9.46. The lowest BCUT2D eigenvalue weighted by atomic mass is 9.98. The van der Waals surface area contributed by atoms with Gasteiger partial charge in [0.1, 0.15) is 11.6 Å². The summed E-state index contributed by atoms with van der Waals surface area (Å²) >= 11 is 0. The average molecular weight is 519 g/mol. The van der Waals surface area contributed by atoms with E-state index in [1.807, 2.05) is 33.3 Å². The summed E-state index contributed by atoms with van der Waals surface area (Å²) in [7, 11) is 9.37. The quantitative estimate of drug-likeness (QED) is 0.300. The van der Waals surface area contributed by atoms with Crippen LogP contribution in [0.15, 0.2) is 79.1 Å². The molecule has 0 atom stereocenters. The summed E-state index contributed by atoms with van der Waals surface area (Å²) in [6, 6.07) is 5.52. The molecule has 0 saturated carbocycles. The van der Waals surface area contributed by atoms with Crippen LogP contribution in [0, 0.1) is 5.41 Å². The van der Waals surface area contributed by atoms with Crippen molar-refractivity contribution >= 4 is 34.3 Å². The third-order valence-corrected chi connectivity index (χ3v) is 5.77. The Morgan fingerprint density at radius 3 is 2.61 bits per heavy atom. The molecule has 1 heterocycles. The number of ether oxygens (including phenoxy) is 1. The molecule has 4 N–H and O–H groups in total. The van der Waals surface area contributed by atoms with Crippen LogP contribution in [-0.4, -0.2) is 69.0 Å². The average Bonchev–Trinajstić information content (AvgIpc) is 2.90. The van der Waals surface area contributed by atoms with E-state index in [9.17, 15) is 4.39 Å². The molecule has 0 bridgehead atoms. The first-order chi connectivity index (χ1) is 18.2. The Labute approximate surface area is 223 Å². The number of rotatable bonds is 12. The largest absolute Gasteiger partial charge is 0.494 e. The summed E-state index contributed by atoms with van der Waals surface area (Å²) in [5, 5.41) is 17.3. The van der Waals surface area contributed by atoms with Crippen LogP contribution in [0.2, 0.25) is 0 Å². The maximum absolute atomic E-state index is 14.4. The second kappa shape index (κ2) is 12.7. The highest BCUT2D eigenvalue weighted by atomic mass is 19.1. The van der Waals surface area contributed by atoms with Crippen molar-refractivity contribution in [2.45, 2.75) is 0 Å². The fourth-order valence-electron chi connectivity index (χ4n) is 3.69. The van der Waals surface area contributed by atoms with E-state index in [-0.39, 0.29) is 5.71 Å². The summed E-state index contributed by atoms with van der Waals surface area (Å²) in [5.74, 6) is 0.263. The Bertz CT molecular complexity index is 1310. The predicted molar refractivity (Wildman–Crippen MR) is 155 cm³/mol. The standard InChI is InChI=1S/C28H35FN8O/c1-8-18(2)33-23-15-24(26(38-7)16-25(23)37(6)12-11-36(4)5)35-28-32-10-9-22(34-28)19-13-20(17-31-3)27(30)21(29)14-19/h8-10,13-17,30-31,33H,1-2,11-12H2,3-7H3,(H,32,34,35)/b20-17-,30-27?. The van der Waals surface area contributed by atoms with Gasteiger partial charge in [0.05, 0.1) is 35.6 Å². The Balaban J connectivity index is 1.99. The van der Waals surface area contributed by atoms with Crippen molar-refractivity contribution in [3.8, 4) is 5.75 Å². The van der Waals surface area contributed by atoms with Crippen molar-refractivity contribution in [2.24, 2.45) is 0 Å². The van der Waals surface area contributed by atoms with Crippen molar-refractivity contribution in [2.75, 3.05) is 63.9 Å². The highest BCUT2D eigenvalue weighted by Crippen LogP contribution is 2.38. The maximum atomic E-state index is 14.4. The van der Waals surface area contributed by atoms with Crippen molar-refractivity contribution in [1.29, 1.82) is 5.41 Å². The lowest BCUT2D eigenvalue weighted by Crippen LogP contribution is -2.29. The Morgan fingerprint density at radius 2 is 1.95 bits per heavy atom. The molecule has 0 fully saturated rings. The molecule has 0 aliphatic heterocycles. The number of anilines is 4. The number of benzene rings is 1. The molecule has 0 saturated heterocycles. The topological polar surface area (TPSA) is 101 Å². The normalized spacial score (nSPS) is 14.1. The number of nitrogens with zero attached hydrogens (tertiary/aromatic N) is 4. The van der Waals surface area contributed by atoms with E-state index in [2.05, 4.69) is 48.9 Å². The minimum absolute atomic E-state index is 0.183. The summed E-state index contributed by atoms with van der Waals surface area (Å²) < 4.78 is 20.1. The molecule has 0 amide bonds. The van der Waals surface area contributed by atoms with E-state index in [1.165, 1.54) is 6.08 Å². The number of methoxy groups -OCH3 is 1. The predicted octanol–water partition coefficient (Wildman–Crippen LogP) is 4.71. The molecule has 0 unspecified atom stereocenters. The van der Waals surface area contributed by atoms with Crippen molar-refractivity contribution in [1.82, 2.24) is 20.2 Å². The number of allylic oxidation sites excluding steroid dienone is 6. The van der Waals surface area contributed by atoms with Gasteiger partial charge in [0.15, 0.2) is 0 Å². The molecule has 3 rings (SSSR count). The van der Waals surface area contributed by atoms with Crippen molar-refractivity contribution in [3.05, 3.63) is 84.8 Å². The van der Waals surface area contributed by atoms with Crippen LogP contribution >= 0.6 is 0 Å². The molecule has 9 nitrogen and oxygen atoms in total. The molecule has 200 valence electrons. The molecule has 1 aromatic heterocycles. The molecule has 1 aromatic carbocycles. The maximum Gasteiger partial charge on any atom is 0.227 e. The van der Waals surface area contributed by atoms with Gasteiger partial charge < -0.3 is 30.5 Å². The van der Waals surface area contributed by atoms with Gasteiger partial charge >= 0.3 is 0 Å². The van der Waals surface area contributed by atoms with E-state index >= 15 is 0 Å². The van der Waals surface area contributed by atoms with Gasteiger partial charge in [0.2, 0.25) is 5.95 Å². The van der Waals surface area contributed by atoms with Crippen LogP contribution in [0.25, 0.3) is 5.57 Å². The molecule has 38 heavy (non-hydrogen) atoms. The number of hydrogen-bond donors (Lipinski definition) is 4. The number of nitrogens with one attached hydrogen (secondary N) is 4. The number of likely N-dealkylation sites (N-methyl/N-ethyl adjacent to an activating group) is 2. The van der Waals surface area contributed by atoms with Gasteiger partial charge in [-0.15, -0.1) is 0 Å². The zero-order chi connectivity index (χ0) is 27.8. The summed E-state index contributed by atoms with van der Waals surface area (Å²) in [4.78, 5) is 13.2. The molecular weight excluding hydrogens is 483 g/mol. The molecule has 1 aliphatic carbocycles. The second-order valence-electron chi connectivity index (χ2n) is 8.89. The van der Waals surface area contributed by atoms with Gasteiger partial charge in [-0.25, -0.2) is 14.4 Å². The van der Waals surface area contributed by atoms with E-state index in [1.54, 1.807) is 44.8 Å². The summed E-state index contributed by atoms with van der Waals surface area (Å²) in [5.41, 5.74) is 4.27. The Hall–Kier alpha value is -4.44. The number of hydrogen-bond acceptors (Lipinski definition) is 9. The number of aromatic nitrogens is 2. The number of halogens is 1. The van der Waals surface area contributed by atoms with Crippen LogP contribution in [0.5, 0.6) is 5.75 Å². The lowest BCUT2D eigenvalue weighted by molar-refractivity contribution is 0.413. The van der Waals surface area contributed by atoms with Gasteiger partial charge in [-0.2, -0.15) is 0 Å². The van der Waals surface area contributed by atoms with Crippen LogP contribution in [0.3, 0.4) is 0 Å². The highest BCUT2D eigenvalue weighted by molar-refractivity contribution is 6.15. The zero-order valence-electron chi connectivity index (χ0n) is 22.5. The third-order valence-electron chi connectivity index (χ3n) is 5.77. The fraction of sp³-hybridized carbons (Fsp3) is 0.250. The van der Waals surface area contributed by atoms with Crippen LogP contribution in [0.4, 0.5) is 27.4 Å². The fourth-order valence-corrected chi connectivity index (χ4v) is 3.69. The van der Waals surface area contributed by atoms with E-state index in [0.29, 0.717) is 39.9 Å². The van der Waals surface area contributed by atoms with Crippen molar-refractivity contribution in [3.63, 3.8) is 0 Å². The van der Waals surface area contributed by atoms with Crippen LogP contribution in [-0.2, 0) is 0 Å². The van der Waals surface area contributed by atoms with E-state index in [4.69, 9.17) is 10.1 Å². The van der Waals surface area contributed by atoms with Gasteiger partial charge in [0.25, 0.3) is 0 Å². The summed E-state index contributed by atoms with van der Waals surface area (Å²) in [6.07, 6.45) is 7.81. The Morgan fingerprint density at radius 1 is 1.18 bits per heavy atom. The Kier molecular flexibility index (Phi) is 9.39. The van der Waals surface area contributed by atoms with E-state index in [0.717, 1.165) is 24.5 Å². The minimum Gasteiger partial charge on any atom is -0.494 e. The highest BCUT2D eigenvalue weighted by Gasteiger charge is 2.19. The minimum atomic E-state index is -0.633. The molecule has 0 radical (unpaired) electrons. The van der Waals surface area contributed by atoms with Gasteiger partial charge in [-0.3, -0.25) is 5.41 Å². The second-order valence-corrected chi connectivity index (χ2v) is 8.89. The zero-order valence-corrected chi connectivity index (χ0v) is 22.5. The SMILES string of the molecule is C=CC(=C)Nc1cc(Nc2nccc(C3=C/C(=C/NC)C(=N)C(F)=C3)n2)c(OC)cc1N(C)CCN(C)C. The van der Waals surface area contributed by atoms with E-state index < -0.39 is 5.83 Å². The first-order valence-electron chi connectivity index (χ1n) is 12.0. The van der Waals surface area contributed by atoms with Gasteiger partial charge in [0, 0.05) is 62.5 Å². The third kappa shape index (κ3) is 6.86.